The van der Waals surface area contributed by atoms with Crippen LogP contribution >= 0.6 is 0 Å². The molecule has 0 fully saturated rings. The highest BCUT2D eigenvalue weighted by atomic mass is 14.7. The third kappa shape index (κ3) is 4.28. The van der Waals surface area contributed by atoms with Gasteiger partial charge in [-0.15, -0.1) is 0 Å². The summed E-state index contributed by atoms with van der Waals surface area (Å²) in [5.74, 6) is 0. The molecule has 0 radical (unpaired) electrons. The van der Waals surface area contributed by atoms with E-state index in [2.05, 4.69) is 164 Å². The molecule has 0 saturated heterocycles. The van der Waals surface area contributed by atoms with Gasteiger partial charge in [-0.25, -0.2) is 4.98 Å². The average Bonchev–Trinajstić information content (AvgIpc) is 3.16. The topological polar surface area (TPSA) is 12.9 Å². The zero-order valence-corrected chi connectivity index (χ0v) is 26.4. The second-order valence-electron chi connectivity index (χ2n) is 13.0. The van der Waals surface area contributed by atoms with Crippen LogP contribution in [-0.4, -0.2) is 4.98 Å². The Morgan fingerprint density at radius 1 is 0.354 bits per heavy atom. The number of nitrogens with zero attached hydrogens (tertiary/aromatic N) is 1. The largest absolute Gasteiger partial charge is 0.247 e. The van der Waals surface area contributed by atoms with Crippen molar-refractivity contribution in [1.82, 2.24) is 4.98 Å². The van der Waals surface area contributed by atoms with E-state index in [0.717, 1.165) is 29.8 Å². The Bertz CT molecular complexity index is 2730. The lowest BCUT2D eigenvalue weighted by Gasteiger charge is -2.21. The summed E-state index contributed by atoms with van der Waals surface area (Å²) in [7, 11) is 0. The van der Waals surface area contributed by atoms with Crippen molar-refractivity contribution >= 4 is 43.1 Å². The maximum atomic E-state index is 5.35. The summed E-state index contributed by atoms with van der Waals surface area (Å²) in [4.78, 5) is 5.35. The van der Waals surface area contributed by atoms with Crippen molar-refractivity contribution in [3.05, 3.63) is 175 Å². The number of fused-ring (bicyclic) bond motifs is 7. The zero-order chi connectivity index (χ0) is 31.6. The Hall–Kier alpha value is -6.05. The summed E-state index contributed by atoms with van der Waals surface area (Å²) in [6.45, 7) is 0. The van der Waals surface area contributed by atoms with E-state index >= 15 is 0 Å². The number of pyridine rings is 1. The summed E-state index contributed by atoms with van der Waals surface area (Å²) in [6, 6.07) is 60.3. The molecule has 0 bridgehead atoms. The Labute approximate surface area is 279 Å². The van der Waals surface area contributed by atoms with E-state index in [1.165, 1.54) is 82.0 Å². The summed E-state index contributed by atoms with van der Waals surface area (Å²) in [6.07, 6.45) is 2.10. The molecule has 0 spiro atoms. The van der Waals surface area contributed by atoms with Crippen molar-refractivity contribution in [2.45, 2.75) is 12.8 Å². The van der Waals surface area contributed by atoms with Crippen molar-refractivity contribution in [2.24, 2.45) is 0 Å². The fourth-order valence-corrected chi connectivity index (χ4v) is 7.97. The molecule has 1 nitrogen and oxygen atoms in total. The van der Waals surface area contributed by atoms with E-state index in [-0.39, 0.29) is 0 Å². The molecule has 0 atom stereocenters. The van der Waals surface area contributed by atoms with Crippen LogP contribution in [0.4, 0.5) is 0 Å². The SMILES string of the molecule is c1ccc2c(c1)CCc1ccc(-c3ccc4c(-c5ccc6ccccc6c5)c5ccccc5c(-c5ccc6ccccc6c5)c4c3)nc1-2. The van der Waals surface area contributed by atoms with E-state index in [1.54, 1.807) is 0 Å². The molecule has 1 aliphatic rings. The van der Waals surface area contributed by atoms with Crippen LogP contribution in [0.15, 0.2) is 164 Å². The molecule has 1 aromatic heterocycles. The summed E-state index contributed by atoms with van der Waals surface area (Å²) in [5, 5.41) is 10.0. The summed E-state index contributed by atoms with van der Waals surface area (Å²) in [5.41, 5.74) is 12.3. The molecule has 0 amide bonds. The second-order valence-corrected chi connectivity index (χ2v) is 13.0. The van der Waals surface area contributed by atoms with E-state index in [9.17, 15) is 0 Å². The highest BCUT2D eigenvalue weighted by Crippen LogP contribution is 2.46. The number of hydrogen-bond acceptors (Lipinski definition) is 1. The minimum Gasteiger partial charge on any atom is -0.247 e. The van der Waals surface area contributed by atoms with Gasteiger partial charge >= 0.3 is 0 Å². The molecule has 8 aromatic carbocycles. The summed E-state index contributed by atoms with van der Waals surface area (Å²) >= 11 is 0. The lowest BCUT2D eigenvalue weighted by Crippen LogP contribution is -2.06. The van der Waals surface area contributed by atoms with Gasteiger partial charge in [-0.3, -0.25) is 0 Å². The highest BCUT2D eigenvalue weighted by molar-refractivity contribution is 6.22. The number of benzene rings is 8. The third-order valence-electron chi connectivity index (χ3n) is 10.3. The Morgan fingerprint density at radius 2 is 0.896 bits per heavy atom. The molecule has 0 saturated carbocycles. The highest BCUT2D eigenvalue weighted by Gasteiger charge is 2.20. The molecular weight excluding hydrogens is 579 g/mol. The van der Waals surface area contributed by atoms with E-state index in [4.69, 9.17) is 4.98 Å². The maximum absolute atomic E-state index is 5.35. The Balaban J connectivity index is 1.28. The second kappa shape index (κ2) is 10.8. The molecule has 0 N–H and O–H groups in total. The molecule has 1 aliphatic carbocycles. The van der Waals surface area contributed by atoms with Crippen molar-refractivity contribution in [3.8, 4) is 44.8 Å². The average molecular weight is 610 g/mol. The lowest BCUT2D eigenvalue weighted by molar-refractivity contribution is 0.928. The van der Waals surface area contributed by atoms with Crippen LogP contribution in [0.3, 0.4) is 0 Å². The first kappa shape index (κ1) is 27.1. The fraction of sp³-hybridized carbons (Fsp3) is 0.0426. The van der Waals surface area contributed by atoms with E-state index in [0.29, 0.717) is 0 Å². The van der Waals surface area contributed by atoms with Gasteiger partial charge in [0, 0.05) is 11.1 Å². The van der Waals surface area contributed by atoms with Crippen LogP contribution in [0.5, 0.6) is 0 Å². The lowest BCUT2D eigenvalue weighted by atomic mass is 9.84. The first-order chi connectivity index (χ1) is 23.8. The van der Waals surface area contributed by atoms with Gasteiger partial charge in [-0.2, -0.15) is 0 Å². The summed E-state index contributed by atoms with van der Waals surface area (Å²) < 4.78 is 0. The zero-order valence-electron chi connectivity index (χ0n) is 26.4. The van der Waals surface area contributed by atoms with Crippen LogP contribution in [-0.2, 0) is 12.8 Å². The van der Waals surface area contributed by atoms with Gasteiger partial charge in [0.1, 0.15) is 0 Å². The molecule has 1 heterocycles. The number of hydrogen-bond donors (Lipinski definition) is 0. The smallest absolute Gasteiger partial charge is 0.0744 e. The first-order valence-corrected chi connectivity index (χ1v) is 16.8. The standard InChI is InChI=1S/C47H31N/c1-3-12-34-27-37(21-17-30(34)9-1)45-40-15-7-8-16-41(40)46(38-22-18-31-10-2-4-13-35(31)28-38)43-29-36(23-25-42(43)45)44-26-24-33-20-19-32-11-5-6-14-39(32)47(33)48-44/h1-18,21-29H,19-20H2. The van der Waals surface area contributed by atoms with Crippen molar-refractivity contribution in [3.63, 3.8) is 0 Å². The van der Waals surface area contributed by atoms with Crippen molar-refractivity contribution < 1.29 is 0 Å². The number of rotatable bonds is 3. The van der Waals surface area contributed by atoms with Crippen LogP contribution in [0.25, 0.3) is 87.9 Å². The minimum absolute atomic E-state index is 1.01. The quantitative estimate of drug-likeness (QED) is 0.182. The van der Waals surface area contributed by atoms with E-state index < -0.39 is 0 Å². The molecule has 0 unspecified atom stereocenters. The van der Waals surface area contributed by atoms with Crippen LogP contribution in [0.1, 0.15) is 11.1 Å². The van der Waals surface area contributed by atoms with E-state index in [1.807, 2.05) is 0 Å². The first-order valence-electron chi connectivity index (χ1n) is 16.8. The minimum atomic E-state index is 1.01. The van der Waals surface area contributed by atoms with Gasteiger partial charge in [-0.05, 0) is 114 Å². The molecule has 224 valence electrons. The number of aryl methyl sites for hydroxylation is 2. The van der Waals surface area contributed by atoms with Gasteiger partial charge < -0.3 is 0 Å². The molecule has 10 rings (SSSR count). The monoisotopic (exact) mass is 609 g/mol. The maximum Gasteiger partial charge on any atom is 0.0744 e. The number of aromatic nitrogens is 1. The third-order valence-corrected chi connectivity index (χ3v) is 10.3. The normalized spacial score (nSPS) is 12.4. The van der Waals surface area contributed by atoms with Crippen molar-refractivity contribution in [2.75, 3.05) is 0 Å². The molecule has 48 heavy (non-hydrogen) atoms. The van der Waals surface area contributed by atoms with Crippen molar-refractivity contribution in [1.29, 1.82) is 0 Å². The molecule has 1 heteroatoms. The van der Waals surface area contributed by atoms with Gasteiger partial charge in [0.25, 0.3) is 0 Å². The molecular formula is C47H31N. The fourth-order valence-electron chi connectivity index (χ4n) is 7.97. The van der Waals surface area contributed by atoms with Crippen LogP contribution in [0, 0.1) is 0 Å². The van der Waals surface area contributed by atoms with Gasteiger partial charge in [-0.1, -0.05) is 140 Å². The van der Waals surface area contributed by atoms with Gasteiger partial charge in [0.05, 0.1) is 11.4 Å². The van der Waals surface area contributed by atoms with Gasteiger partial charge in [0.2, 0.25) is 0 Å². The molecule has 9 aromatic rings. The Morgan fingerprint density at radius 3 is 1.60 bits per heavy atom. The van der Waals surface area contributed by atoms with Gasteiger partial charge in [0.15, 0.2) is 0 Å². The van der Waals surface area contributed by atoms with Crippen LogP contribution in [0.2, 0.25) is 0 Å². The molecule has 0 aliphatic heterocycles. The predicted octanol–water partition coefficient (Wildman–Crippen LogP) is 12.5. The predicted molar refractivity (Wildman–Crippen MR) is 203 cm³/mol. The van der Waals surface area contributed by atoms with Crippen LogP contribution < -0.4 is 0 Å². The Kier molecular flexibility index (Phi) is 6.07.